The largest absolute Gasteiger partial charge is 0.480 e. The number of rotatable bonds is 1. The SMILES string of the molecule is CC(=O)N1CC2(CC1C(=O)O)CC(F)(F)C2. The van der Waals surface area contributed by atoms with Gasteiger partial charge in [0.2, 0.25) is 11.8 Å². The second-order valence-corrected chi connectivity index (χ2v) is 4.91. The summed E-state index contributed by atoms with van der Waals surface area (Å²) in [5.74, 6) is -4.16. The van der Waals surface area contributed by atoms with Crippen LogP contribution in [0.15, 0.2) is 0 Å². The highest BCUT2D eigenvalue weighted by molar-refractivity contribution is 5.83. The highest BCUT2D eigenvalue weighted by atomic mass is 19.3. The Labute approximate surface area is 91.2 Å². The molecule has 1 saturated heterocycles. The van der Waals surface area contributed by atoms with Crippen LogP contribution in [0.25, 0.3) is 0 Å². The summed E-state index contributed by atoms with van der Waals surface area (Å²) in [5.41, 5.74) is -0.668. The van der Waals surface area contributed by atoms with Gasteiger partial charge in [-0.2, -0.15) is 0 Å². The minimum atomic E-state index is -2.68. The second kappa shape index (κ2) is 3.15. The van der Waals surface area contributed by atoms with Gasteiger partial charge in [-0.05, 0) is 6.42 Å². The topological polar surface area (TPSA) is 57.6 Å². The van der Waals surface area contributed by atoms with Crippen molar-refractivity contribution in [3.63, 3.8) is 0 Å². The smallest absolute Gasteiger partial charge is 0.326 e. The van der Waals surface area contributed by atoms with Crippen LogP contribution >= 0.6 is 0 Å². The molecule has 1 atom stereocenters. The molecular weight excluding hydrogens is 220 g/mol. The van der Waals surface area contributed by atoms with Crippen LogP contribution < -0.4 is 0 Å². The van der Waals surface area contributed by atoms with Gasteiger partial charge >= 0.3 is 5.97 Å². The molecule has 16 heavy (non-hydrogen) atoms. The molecule has 4 nitrogen and oxygen atoms in total. The summed E-state index contributed by atoms with van der Waals surface area (Å²) in [5, 5.41) is 8.93. The fraction of sp³-hybridized carbons (Fsp3) is 0.800. The van der Waals surface area contributed by atoms with E-state index in [1.165, 1.54) is 11.8 Å². The van der Waals surface area contributed by atoms with E-state index in [4.69, 9.17) is 5.11 Å². The van der Waals surface area contributed by atoms with Crippen LogP contribution in [-0.4, -0.2) is 40.4 Å². The van der Waals surface area contributed by atoms with Gasteiger partial charge in [0.05, 0.1) is 0 Å². The van der Waals surface area contributed by atoms with Gasteiger partial charge in [-0.25, -0.2) is 13.6 Å². The lowest BCUT2D eigenvalue weighted by Crippen LogP contribution is -2.47. The van der Waals surface area contributed by atoms with Crippen LogP contribution in [0.3, 0.4) is 0 Å². The third-order valence-corrected chi connectivity index (χ3v) is 3.47. The van der Waals surface area contributed by atoms with E-state index < -0.39 is 23.3 Å². The number of amides is 1. The summed E-state index contributed by atoms with van der Waals surface area (Å²) in [6.07, 6.45) is -0.446. The zero-order valence-corrected chi connectivity index (χ0v) is 8.87. The average Bonchev–Trinajstić information content (AvgIpc) is 2.42. The molecule has 6 heteroatoms. The Bertz CT molecular complexity index is 324. The third kappa shape index (κ3) is 1.66. The number of hydrogen-bond donors (Lipinski definition) is 1. The van der Waals surface area contributed by atoms with Gasteiger partial charge in [-0.15, -0.1) is 0 Å². The molecule has 90 valence electrons. The first-order valence-corrected chi connectivity index (χ1v) is 5.13. The molecule has 1 saturated carbocycles. The first-order chi connectivity index (χ1) is 7.25. The van der Waals surface area contributed by atoms with E-state index in [-0.39, 0.29) is 31.7 Å². The standard InChI is InChI=1S/C10H13F2NO3/c1-6(14)13-5-9(2-7(13)8(15)16)3-10(11,12)4-9/h7H,2-5H2,1H3,(H,15,16). The van der Waals surface area contributed by atoms with Crippen LogP contribution in [0, 0.1) is 5.41 Å². The summed E-state index contributed by atoms with van der Waals surface area (Å²) in [6.45, 7) is 1.42. The fourth-order valence-electron chi connectivity index (χ4n) is 2.91. The molecule has 2 fully saturated rings. The lowest BCUT2D eigenvalue weighted by Gasteiger charge is -2.44. The summed E-state index contributed by atoms with van der Waals surface area (Å²) in [4.78, 5) is 23.3. The highest BCUT2D eigenvalue weighted by Crippen LogP contribution is 2.57. The molecular formula is C10H13F2NO3. The monoisotopic (exact) mass is 233 g/mol. The number of carbonyl (C=O) groups is 2. The Hall–Kier alpha value is -1.20. The van der Waals surface area contributed by atoms with Gasteiger partial charge in [0, 0.05) is 31.7 Å². The van der Waals surface area contributed by atoms with Crippen LogP contribution in [-0.2, 0) is 9.59 Å². The van der Waals surface area contributed by atoms with Crippen molar-refractivity contribution < 1.29 is 23.5 Å². The van der Waals surface area contributed by atoms with Crippen molar-refractivity contribution in [2.45, 2.75) is 38.2 Å². The van der Waals surface area contributed by atoms with Crippen molar-refractivity contribution in [2.75, 3.05) is 6.54 Å². The number of carboxylic acids is 1. The molecule has 0 aromatic carbocycles. The van der Waals surface area contributed by atoms with E-state index in [9.17, 15) is 18.4 Å². The number of carboxylic acid groups (broad SMARTS) is 1. The van der Waals surface area contributed by atoms with Crippen molar-refractivity contribution in [1.29, 1.82) is 0 Å². The number of hydrogen-bond acceptors (Lipinski definition) is 2. The van der Waals surface area contributed by atoms with Gasteiger partial charge in [0.15, 0.2) is 0 Å². The van der Waals surface area contributed by atoms with Gasteiger partial charge in [0.25, 0.3) is 0 Å². The predicted octanol–water partition coefficient (Wildman–Crippen LogP) is 1.11. The molecule has 1 aliphatic heterocycles. The second-order valence-electron chi connectivity index (χ2n) is 4.91. The number of carbonyl (C=O) groups excluding carboxylic acids is 1. The van der Waals surface area contributed by atoms with Crippen molar-refractivity contribution >= 4 is 11.9 Å². The Kier molecular flexibility index (Phi) is 2.22. The fourth-order valence-corrected chi connectivity index (χ4v) is 2.91. The van der Waals surface area contributed by atoms with Gasteiger partial charge in [0.1, 0.15) is 6.04 Å². The minimum absolute atomic E-state index is 0.148. The molecule has 0 bridgehead atoms. The van der Waals surface area contributed by atoms with Crippen molar-refractivity contribution in [1.82, 2.24) is 4.90 Å². The number of halogens is 2. The highest BCUT2D eigenvalue weighted by Gasteiger charge is 2.62. The lowest BCUT2D eigenvalue weighted by molar-refractivity contribution is -0.158. The van der Waals surface area contributed by atoms with Crippen molar-refractivity contribution in [3.8, 4) is 0 Å². The Morgan fingerprint density at radius 1 is 1.38 bits per heavy atom. The van der Waals surface area contributed by atoms with Crippen molar-refractivity contribution in [2.24, 2.45) is 5.41 Å². The van der Waals surface area contributed by atoms with Crippen LogP contribution in [0.5, 0.6) is 0 Å². The molecule has 1 N–H and O–H groups in total. The Morgan fingerprint density at radius 2 is 1.94 bits per heavy atom. The van der Waals surface area contributed by atoms with Gasteiger partial charge in [-0.1, -0.05) is 0 Å². The minimum Gasteiger partial charge on any atom is -0.480 e. The Morgan fingerprint density at radius 3 is 2.25 bits per heavy atom. The van der Waals surface area contributed by atoms with Crippen molar-refractivity contribution in [3.05, 3.63) is 0 Å². The zero-order valence-electron chi connectivity index (χ0n) is 8.87. The zero-order chi connectivity index (χ0) is 12.1. The van der Waals surface area contributed by atoms with Gasteiger partial charge in [-0.3, -0.25) is 4.79 Å². The van der Waals surface area contributed by atoms with E-state index in [1.54, 1.807) is 0 Å². The van der Waals surface area contributed by atoms with E-state index >= 15 is 0 Å². The van der Waals surface area contributed by atoms with E-state index in [0.29, 0.717) is 0 Å². The molecule has 0 radical (unpaired) electrons. The number of aliphatic carboxylic acids is 1. The van der Waals surface area contributed by atoms with Crippen LogP contribution in [0.4, 0.5) is 8.78 Å². The van der Waals surface area contributed by atoms with Crippen LogP contribution in [0.2, 0.25) is 0 Å². The Balaban J connectivity index is 2.14. The quantitative estimate of drug-likeness (QED) is 0.738. The summed E-state index contributed by atoms with van der Waals surface area (Å²) in [7, 11) is 0. The maximum atomic E-state index is 12.8. The normalized spacial score (nSPS) is 30.2. The number of nitrogens with zero attached hydrogens (tertiary/aromatic N) is 1. The summed E-state index contributed by atoms with van der Waals surface area (Å²) < 4.78 is 25.7. The molecule has 1 spiro atoms. The molecule has 0 aromatic heterocycles. The first-order valence-electron chi connectivity index (χ1n) is 5.13. The molecule has 1 heterocycles. The maximum Gasteiger partial charge on any atom is 0.326 e. The van der Waals surface area contributed by atoms with E-state index in [1.807, 2.05) is 0 Å². The number of likely N-dealkylation sites (tertiary alicyclic amines) is 1. The molecule has 2 aliphatic rings. The van der Waals surface area contributed by atoms with E-state index in [2.05, 4.69) is 0 Å². The lowest BCUT2D eigenvalue weighted by atomic mass is 9.65. The average molecular weight is 233 g/mol. The molecule has 1 aliphatic carbocycles. The summed E-state index contributed by atoms with van der Waals surface area (Å²) >= 11 is 0. The number of alkyl halides is 2. The van der Waals surface area contributed by atoms with Gasteiger partial charge < -0.3 is 10.0 Å². The molecule has 1 amide bonds. The predicted molar refractivity (Wildman–Crippen MR) is 50.0 cm³/mol. The van der Waals surface area contributed by atoms with Crippen LogP contribution in [0.1, 0.15) is 26.2 Å². The maximum absolute atomic E-state index is 12.8. The summed E-state index contributed by atoms with van der Waals surface area (Å²) in [6, 6.07) is -0.936. The third-order valence-electron chi connectivity index (χ3n) is 3.47. The molecule has 0 aromatic rings. The molecule has 2 rings (SSSR count). The molecule has 1 unspecified atom stereocenters. The van der Waals surface area contributed by atoms with E-state index in [0.717, 1.165) is 0 Å². The first kappa shape index (κ1) is 11.3.